The van der Waals surface area contributed by atoms with Crippen LogP contribution in [0.4, 0.5) is 0 Å². The van der Waals surface area contributed by atoms with Crippen molar-refractivity contribution in [2.24, 2.45) is 7.05 Å². The summed E-state index contributed by atoms with van der Waals surface area (Å²) >= 11 is 0. The van der Waals surface area contributed by atoms with E-state index in [0.29, 0.717) is 30.2 Å². The maximum atomic E-state index is 12.7. The molecule has 1 aliphatic heterocycles. The first kappa shape index (κ1) is 14.2. The summed E-state index contributed by atoms with van der Waals surface area (Å²) in [5.74, 6) is -0.0340. The number of fused-ring (bicyclic) bond motifs is 1. The Labute approximate surface area is 134 Å². The molecule has 7 nitrogen and oxygen atoms in total. The number of benzene rings is 1. The van der Waals surface area contributed by atoms with Gasteiger partial charge in [0.1, 0.15) is 11.6 Å². The molecule has 1 aromatic heterocycles. The van der Waals surface area contributed by atoms with E-state index in [9.17, 15) is 10.1 Å². The minimum absolute atomic E-state index is 0.0340. The fraction of sp³-hybridized carbons (Fsp3) is 0.500. The van der Waals surface area contributed by atoms with Crippen LogP contribution in [0.3, 0.4) is 0 Å². The molecule has 1 aromatic carbocycles. The van der Waals surface area contributed by atoms with Gasteiger partial charge in [-0.2, -0.15) is 5.26 Å². The molecule has 0 spiro atoms. The molecule has 2 fully saturated rings. The molecule has 1 atom stereocenters. The molecular formula is C16H18N6O. The predicted molar refractivity (Wildman–Crippen MR) is 83.5 cm³/mol. The van der Waals surface area contributed by atoms with E-state index in [4.69, 9.17) is 0 Å². The molecular weight excluding hydrogens is 292 g/mol. The normalized spacial score (nSPS) is 22.3. The van der Waals surface area contributed by atoms with Gasteiger partial charge >= 0.3 is 0 Å². The van der Waals surface area contributed by atoms with Crippen LogP contribution in [0.1, 0.15) is 23.2 Å². The highest BCUT2D eigenvalue weighted by atomic mass is 16.2. The molecule has 0 N–H and O–H groups in total. The first-order valence-electron chi connectivity index (χ1n) is 7.91. The van der Waals surface area contributed by atoms with Gasteiger partial charge in [0.15, 0.2) is 0 Å². The fourth-order valence-electron chi connectivity index (χ4n) is 3.30. The van der Waals surface area contributed by atoms with Gasteiger partial charge in [-0.05, 0) is 31.0 Å². The van der Waals surface area contributed by atoms with E-state index in [1.807, 2.05) is 19.2 Å². The Morgan fingerprint density at radius 1 is 1.35 bits per heavy atom. The fourth-order valence-corrected chi connectivity index (χ4v) is 3.30. The molecule has 2 heterocycles. The zero-order valence-electron chi connectivity index (χ0n) is 13.0. The van der Waals surface area contributed by atoms with Crippen LogP contribution >= 0.6 is 0 Å². The molecule has 1 unspecified atom stereocenters. The van der Waals surface area contributed by atoms with Gasteiger partial charge in [0, 0.05) is 38.3 Å². The average Bonchev–Trinajstić information content (AvgIpc) is 3.37. The Morgan fingerprint density at radius 3 is 2.91 bits per heavy atom. The summed E-state index contributed by atoms with van der Waals surface area (Å²) in [7, 11) is 1.82. The number of nitriles is 1. The van der Waals surface area contributed by atoms with E-state index in [2.05, 4.69) is 21.3 Å². The Bertz CT molecular complexity index is 802. The topological polar surface area (TPSA) is 78.1 Å². The number of amides is 1. The van der Waals surface area contributed by atoms with Crippen molar-refractivity contribution in [2.45, 2.75) is 24.9 Å². The van der Waals surface area contributed by atoms with Crippen LogP contribution in [0.5, 0.6) is 0 Å². The SMILES string of the molecule is Cn1nnc2cc(C(=O)N3CCN(C4CC4)C(C#N)C3)ccc21. The number of carbonyl (C=O) groups excluding carboxylic acids is 1. The van der Waals surface area contributed by atoms with Crippen LogP contribution in [0.15, 0.2) is 18.2 Å². The summed E-state index contributed by atoms with van der Waals surface area (Å²) in [6.07, 6.45) is 2.35. The van der Waals surface area contributed by atoms with Crippen molar-refractivity contribution in [1.82, 2.24) is 24.8 Å². The van der Waals surface area contributed by atoms with Gasteiger partial charge in [0.2, 0.25) is 0 Å². The van der Waals surface area contributed by atoms with Gasteiger partial charge in [-0.15, -0.1) is 5.10 Å². The van der Waals surface area contributed by atoms with Crippen LogP contribution in [-0.2, 0) is 7.05 Å². The maximum Gasteiger partial charge on any atom is 0.254 e. The van der Waals surface area contributed by atoms with E-state index in [1.165, 1.54) is 12.8 Å². The van der Waals surface area contributed by atoms with Crippen LogP contribution < -0.4 is 0 Å². The number of hydrogen-bond acceptors (Lipinski definition) is 5. The molecule has 1 aliphatic carbocycles. The molecule has 1 amide bonds. The van der Waals surface area contributed by atoms with Crippen molar-refractivity contribution in [3.63, 3.8) is 0 Å². The highest BCUT2D eigenvalue weighted by Gasteiger charge is 2.38. The first-order valence-corrected chi connectivity index (χ1v) is 7.91. The minimum Gasteiger partial charge on any atom is -0.335 e. The number of hydrogen-bond donors (Lipinski definition) is 0. The van der Waals surface area contributed by atoms with Crippen molar-refractivity contribution >= 4 is 16.9 Å². The van der Waals surface area contributed by atoms with Crippen molar-refractivity contribution in [3.8, 4) is 6.07 Å². The van der Waals surface area contributed by atoms with Gasteiger partial charge in [0.25, 0.3) is 5.91 Å². The molecule has 4 rings (SSSR count). The third-order valence-electron chi connectivity index (χ3n) is 4.73. The predicted octanol–water partition coefficient (Wildman–Crippen LogP) is 0.781. The van der Waals surface area contributed by atoms with E-state index in [1.54, 1.807) is 15.6 Å². The number of aryl methyl sites for hydroxylation is 1. The standard InChI is InChI=1S/C16H18N6O/c1-20-15-5-2-11(8-14(15)18-19-20)16(23)21-6-7-22(12-3-4-12)13(9-17)10-21/h2,5,8,12-13H,3-4,6-7,10H2,1H3. The molecule has 0 radical (unpaired) electrons. The number of piperazine rings is 1. The van der Waals surface area contributed by atoms with Crippen LogP contribution in [0.2, 0.25) is 0 Å². The highest BCUT2D eigenvalue weighted by Crippen LogP contribution is 2.30. The Hall–Kier alpha value is -2.46. The largest absolute Gasteiger partial charge is 0.335 e. The quantitative estimate of drug-likeness (QED) is 0.819. The van der Waals surface area contributed by atoms with Crippen LogP contribution in [0.25, 0.3) is 11.0 Å². The maximum absolute atomic E-state index is 12.7. The molecule has 2 aliphatic rings. The van der Waals surface area contributed by atoms with Crippen molar-refractivity contribution in [3.05, 3.63) is 23.8 Å². The lowest BCUT2D eigenvalue weighted by Crippen LogP contribution is -2.54. The Balaban J connectivity index is 1.54. The third-order valence-corrected chi connectivity index (χ3v) is 4.73. The summed E-state index contributed by atoms with van der Waals surface area (Å²) in [4.78, 5) is 16.8. The molecule has 7 heteroatoms. The summed E-state index contributed by atoms with van der Waals surface area (Å²) in [5, 5.41) is 17.4. The van der Waals surface area contributed by atoms with Crippen molar-refractivity contribution in [2.75, 3.05) is 19.6 Å². The van der Waals surface area contributed by atoms with Crippen LogP contribution in [0, 0.1) is 11.3 Å². The van der Waals surface area contributed by atoms with E-state index in [-0.39, 0.29) is 11.9 Å². The van der Waals surface area contributed by atoms with Crippen LogP contribution in [-0.4, -0.2) is 62.4 Å². The second-order valence-corrected chi connectivity index (χ2v) is 6.28. The lowest BCUT2D eigenvalue weighted by molar-refractivity contribution is 0.0550. The summed E-state index contributed by atoms with van der Waals surface area (Å²) in [6, 6.07) is 8.16. The highest BCUT2D eigenvalue weighted by molar-refractivity contribution is 5.97. The smallest absolute Gasteiger partial charge is 0.254 e. The number of rotatable bonds is 2. The molecule has 1 saturated carbocycles. The molecule has 23 heavy (non-hydrogen) atoms. The number of aromatic nitrogens is 3. The first-order chi connectivity index (χ1) is 11.2. The number of nitrogens with zero attached hydrogens (tertiary/aromatic N) is 6. The van der Waals surface area contributed by atoms with Crippen molar-refractivity contribution in [1.29, 1.82) is 5.26 Å². The van der Waals surface area contributed by atoms with Gasteiger partial charge in [-0.25, -0.2) is 4.68 Å². The lowest BCUT2D eigenvalue weighted by Gasteiger charge is -2.38. The van der Waals surface area contributed by atoms with Crippen molar-refractivity contribution < 1.29 is 4.79 Å². The average molecular weight is 310 g/mol. The second kappa shape index (κ2) is 5.32. The Kier molecular flexibility index (Phi) is 3.27. The minimum atomic E-state index is -0.194. The molecule has 118 valence electrons. The summed E-state index contributed by atoms with van der Waals surface area (Å²) in [5.41, 5.74) is 2.22. The van der Waals surface area contributed by atoms with E-state index in [0.717, 1.165) is 12.1 Å². The summed E-state index contributed by atoms with van der Waals surface area (Å²) in [6.45, 7) is 1.93. The van der Waals surface area contributed by atoms with Gasteiger partial charge in [-0.1, -0.05) is 5.21 Å². The van der Waals surface area contributed by atoms with E-state index < -0.39 is 0 Å². The third kappa shape index (κ3) is 2.45. The molecule has 0 bridgehead atoms. The van der Waals surface area contributed by atoms with E-state index >= 15 is 0 Å². The number of carbonyl (C=O) groups is 1. The Morgan fingerprint density at radius 2 is 2.17 bits per heavy atom. The second-order valence-electron chi connectivity index (χ2n) is 6.28. The van der Waals surface area contributed by atoms with Gasteiger partial charge < -0.3 is 4.90 Å². The lowest BCUT2D eigenvalue weighted by atomic mass is 10.1. The molecule has 1 saturated heterocycles. The monoisotopic (exact) mass is 310 g/mol. The zero-order valence-corrected chi connectivity index (χ0v) is 13.0. The molecule has 2 aromatic rings. The summed E-state index contributed by atoms with van der Waals surface area (Å²) < 4.78 is 1.68. The van der Waals surface area contributed by atoms with Gasteiger partial charge in [-0.3, -0.25) is 9.69 Å². The van der Waals surface area contributed by atoms with Gasteiger partial charge in [0.05, 0.1) is 11.6 Å². The zero-order chi connectivity index (χ0) is 16.0.